The Balaban J connectivity index is 1.32. The average molecular weight is 457 g/mol. The van der Waals surface area contributed by atoms with Crippen molar-refractivity contribution in [3.05, 3.63) is 11.3 Å². The van der Waals surface area contributed by atoms with Gasteiger partial charge in [-0.3, -0.25) is 4.79 Å². The number of allylic oxidation sites excluding steroid dienone is 1. The number of fused-ring (bicyclic) bond motifs is 7. The lowest BCUT2D eigenvalue weighted by Gasteiger charge is -2.61. The van der Waals surface area contributed by atoms with Crippen molar-refractivity contribution in [2.75, 3.05) is 0 Å². The molecule has 5 aliphatic rings. The number of hydrogen-bond acceptors (Lipinski definition) is 3. The molecule has 4 aliphatic carbocycles. The highest BCUT2D eigenvalue weighted by molar-refractivity contribution is 5.66. The van der Waals surface area contributed by atoms with Gasteiger partial charge in [0.05, 0.1) is 5.76 Å². The predicted octanol–water partition coefficient (Wildman–Crippen LogP) is 7.69. The van der Waals surface area contributed by atoms with Crippen LogP contribution in [0.15, 0.2) is 11.3 Å². The van der Waals surface area contributed by atoms with Crippen molar-refractivity contribution in [2.24, 2.45) is 46.3 Å². The van der Waals surface area contributed by atoms with Crippen molar-refractivity contribution < 1.29 is 14.3 Å². The van der Waals surface area contributed by atoms with Crippen molar-refractivity contribution in [1.82, 2.24) is 0 Å². The Bertz CT molecular complexity index is 800. The molecule has 0 aromatic carbocycles. The van der Waals surface area contributed by atoms with Crippen LogP contribution in [0.3, 0.4) is 0 Å². The molecule has 0 aromatic heterocycles. The minimum absolute atomic E-state index is 0.102. The van der Waals surface area contributed by atoms with Crippen LogP contribution in [0.5, 0.6) is 0 Å². The van der Waals surface area contributed by atoms with Crippen LogP contribution in [0.1, 0.15) is 112 Å². The van der Waals surface area contributed by atoms with E-state index in [9.17, 15) is 4.79 Å². The molecule has 1 heterocycles. The standard InChI is InChI=1S/C30H48O3/c1-7-18(2)8-11-26-19(3)28-27(33-26)17-25-23-10-9-21-16-22(32-20(4)31)12-14-29(21,5)24(23)13-15-30(25,28)6/h18,21-25,27-28H,7-17H2,1-6H3/t18-,21?,22-,23+,24-,25-,27-,28-,29-,30-/m0/s1. The van der Waals surface area contributed by atoms with Gasteiger partial charge in [-0.2, -0.15) is 0 Å². The summed E-state index contributed by atoms with van der Waals surface area (Å²) in [7, 11) is 0. The number of rotatable bonds is 5. The van der Waals surface area contributed by atoms with E-state index < -0.39 is 0 Å². The van der Waals surface area contributed by atoms with E-state index in [1.165, 1.54) is 57.1 Å². The Morgan fingerprint density at radius 2 is 1.85 bits per heavy atom. The Morgan fingerprint density at radius 1 is 1.09 bits per heavy atom. The monoisotopic (exact) mass is 456 g/mol. The van der Waals surface area contributed by atoms with E-state index in [2.05, 4.69) is 34.6 Å². The third kappa shape index (κ3) is 3.79. The largest absolute Gasteiger partial charge is 0.494 e. The maximum atomic E-state index is 11.5. The van der Waals surface area contributed by atoms with E-state index in [4.69, 9.17) is 9.47 Å². The Labute approximate surface area is 202 Å². The molecule has 0 radical (unpaired) electrons. The van der Waals surface area contributed by atoms with Crippen LogP contribution in [0, 0.1) is 46.3 Å². The van der Waals surface area contributed by atoms with Crippen molar-refractivity contribution in [2.45, 2.75) is 124 Å². The maximum absolute atomic E-state index is 11.5. The topological polar surface area (TPSA) is 35.5 Å². The molecule has 4 fully saturated rings. The van der Waals surface area contributed by atoms with Crippen LogP contribution < -0.4 is 0 Å². The molecule has 10 atom stereocenters. The number of carbonyl (C=O) groups excluding carboxylic acids is 1. The van der Waals surface area contributed by atoms with E-state index in [1.807, 2.05) is 0 Å². The number of ether oxygens (including phenoxy) is 2. The summed E-state index contributed by atoms with van der Waals surface area (Å²) in [6, 6.07) is 0. The first-order chi connectivity index (χ1) is 15.7. The fourth-order valence-electron chi connectivity index (χ4n) is 9.73. The summed E-state index contributed by atoms with van der Waals surface area (Å²) in [5.41, 5.74) is 2.46. The molecule has 186 valence electrons. The molecule has 3 nitrogen and oxygen atoms in total. The van der Waals surface area contributed by atoms with E-state index in [0.717, 1.165) is 48.9 Å². The van der Waals surface area contributed by atoms with Gasteiger partial charge >= 0.3 is 5.97 Å². The van der Waals surface area contributed by atoms with E-state index >= 15 is 0 Å². The summed E-state index contributed by atoms with van der Waals surface area (Å²) in [5, 5.41) is 0. The summed E-state index contributed by atoms with van der Waals surface area (Å²) in [5.74, 6) is 5.96. The van der Waals surface area contributed by atoms with Gasteiger partial charge in [0.1, 0.15) is 12.2 Å². The van der Waals surface area contributed by atoms with Crippen LogP contribution in [-0.4, -0.2) is 18.2 Å². The molecule has 1 aliphatic heterocycles. The molecule has 0 bridgehead atoms. The normalized spacial score (nSPS) is 47.2. The van der Waals surface area contributed by atoms with Gasteiger partial charge in [-0.15, -0.1) is 0 Å². The van der Waals surface area contributed by atoms with Gasteiger partial charge in [-0.25, -0.2) is 0 Å². The third-order valence-electron chi connectivity index (χ3n) is 11.7. The quantitative estimate of drug-likeness (QED) is 0.398. The van der Waals surface area contributed by atoms with Crippen LogP contribution >= 0.6 is 0 Å². The summed E-state index contributed by atoms with van der Waals surface area (Å²) < 4.78 is 12.4. The average Bonchev–Trinajstić information content (AvgIpc) is 3.25. The highest BCUT2D eigenvalue weighted by Crippen LogP contribution is 2.69. The first-order valence-corrected chi connectivity index (χ1v) is 14.2. The summed E-state index contributed by atoms with van der Waals surface area (Å²) >= 11 is 0. The fraction of sp³-hybridized carbons (Fsp3) is 0.900. The van der Waals surface area contributed by atoms with E-state index in [1.54, 1.807) is 12.5 Å². The van der Waals surface area contributed by atoms with Crippen molar-refractivity contribution in [1.29, 1.82) is 0 Å². The van der Waals surface area contributed by atoms with Crippen LogP contribution in [0.2, 0.25) is 0 Å². The van der Waals surface area contributed by atoms with Crippen molar-refractivity contribution in [3.63, 3.8) is 0 Å². The fourth-order valence-corrected chi connectivity index (χ4v) is 9.73. The zero-order chi connectivity index (χ0) is 23.5. The lowest BCUT2D eigenvalue weighted by Crippen LogP contribution is -2.54. The number of esters is 1. The smallest absolute Gasteiger partial charge is 0.302 e. The SMILES string of the molecule is CC[C@H](C)CCC1=C(C)[C@H]2[C@H](C[C@H]3[C@@H]4CCC5C[C@@H](OC(C)=O)CC[C@]5(C)[C@H]4CC[C@@]32C)O1. The molecular weight excluding hydrogens is 408 g/mol. The highest BCUT2D eigenvalue weighted by atomic mass is 16.5. The second-order valence-electron chi connectivity index (χ2n) is 13.2. The van der Waals surface area contributed by atoms with Gasteiger partial charge in [-0.1, -0.05) is 34.1 Å². The third-order valence-corrected chi connectivity index (χ3v) is 11.7. The van der Waals surface area contributed by atoms with Crippen LogP contribution in [-0.2, 0) is 14.3 Å². The number of hydrogen-bond donors (Lipinski definition) is 0. The molecule has 0 amide bonds. The minimum atomic E-state index is -0.102. The van der Waals surface area contributed by atoms with Gasteiger partial charge in [0.15, 0.2) is 0 Å². The Morgan fingerprint density at radius 3 is 2.58 bits per heavy atom. The molecule has 33 heavy (non-hydrogen) atoms. The van der Waals surface area contributed by atoms with Gasteiger partial charge in [0.25, 0.3) is 0 Å². The minimum Gasteiger partial charge on any atom is -0.494 e. The predicted molar refractivity (Wildman–Crippen MR) is 132 cm³/mol. The Hall–Kier alpha value is -0.990. The first kappa shape index (κ1) is 23.7. The molecule has 3 heteroatoms. The second-order valence-corrected chi connectivity index (χ2v) is 13.2. The van der Waals surface area contributed by atoms with Crippen LogP contribution in [0.25, 0.3) is 0 Å². The van der Waals surface area contributed by atoms with Crippen molar-refractivity contribution >= 4 is 5.97 Å². The van der Waals surface area contributed by atoms with E-state index in [0.29, 0.717) is 22.9 Å². The summed E-state index contributed by atoms with van der Waals surface area (Å²) in [6.45, 7) is 13.9. The molecule has 4 saturated carbocycles. The second kappa shape index (κ2) is 8.59. The number of carbonyl (C=O) groups is 1. The van der Waals surface area contributed by atoms with Crippen molar-refractivity contribution in [3.8, 4) is 0 Å². The van der Waals surface area contributed by atoms with Gasteiger partial charge in [0, 0.05) is 19.3 Å². The lowest BCUT2D eigenvalue weighted by atomic mass is 9.44. The summed E-state index contributed by atoms with van der Waals surface area (Å²) in [4.78, 5) is 11.5. The van der Waals surface area contributed by atoms with E-state index in [-0.39, 0.29) is 12.1 Å². The summed E-state index contributed by atoms with van der Waals surface area (Å²) in [6.07, 6.45) is 14.4. The molecule has 0 saturated heterocycles. The maximum Gasteiger partial charge on any atom is 0.302 e. The molecule has 0 N–H and O–H groups in total. The van der Waals surface area contributed by atoms with Gasteiger partial charge in [-0.05, 0) is 111 Å². The van der Waals surface area contributed by atoms with Gasteiger partial charge < -0.3 is 9.47 Å². The molecule has 5 rings (SSSR count). The first-order valence-electron chi connectivity index (χ1n) is 14.2. The Kier molecular flexibility index (Phi) is 6.18. The molecule has 1 unspecified atom stereocenters. The molecular formula is C30H48O3. The lowest BCUT2D eigenvalue weighted by molar-refractivity contribution is -0.159. The molecule has 0 aromatic rings. The van der Waals surface area contributed by atoms with Crippen LogP contribution in [0.4, 0.5) is 0 Å². The zero-order valence-corrected chi connectivity index (χ0v) is 22.1. The molecule has 0 spiro atoms. The highest BCUT2D eigenvalue weighted by Gasteiger charge is 2.64. The zero-order valence-electron chi connectivity index (χ0n) is 22.1. The van der Waals surface area contributed by atoms with Gasteiger partial charge in [0.2, 0.25) is 0 Å².